The number of aliphatic hydroxyl groups excluding tert-OH is 1. The average Bonchev–Trinajstić information content (AvgIpc) is 1.89. The lowest BCUT2D eigenvalue weighted by atomic mass is 10.3. The molecule has 0 saturated heterocycles. The minimum Gasteiger partial charge on any atom is -0.508 e. The van der Waals surface area contributed by atoms with Gasteiger partial charge in [0.25, 0.3) is 0 Å². The van der Waals surface area contributed by atoms with Crippen LogP contribution in [0.1, 0.15) is 12.8 Å². The summed E-state index contributed by atoms with van der Waals surface area (Å²) in [6, 6.07) is 0. The van der Waals surface area contributed by atoms with Crippen LogP contribution in [-0.4, -0.2) is 5.11 Å². The van der Waals surface area contributed by atoms with Gasteiger partial charge in [0.15, 0.2) is 0 Å². The van der Waals surface area contributed by atoms with Crippen molar-refractivity contribution in [1.82, 2.24) is 0 Å². The van der Waals surface area contributed by atoms with Crippen molar-refractivity contribution in [3.8, 4) is 0 Å². The van der Waals surface area contributed by atoms with E-state index in [0.717, 1.165) is 12.8 Å². The van der Waals surface area contributed by atoms with Gasteiger partial charge in [-0.3, -0.25) is 0 Å². The Morgan fingerprint density at radius 2 is 2.00 bits per heavy atom. The Kier molecular flexibility index (Phi) is 4.60. The van der Waals surface area contributed by atoms with E-state index < -0.39 is 0 Å². The Balaban J connectivity index is 3.42. The van der Waals surface area contributed by atoms with Gasteiger partial charge in [-0.25, -0.2) is 0 Å². The van der Waals surface area contributed by atoms with Gasteiger partial charge in [-0.15, -0.1) is 6.58 Å². The molecular weight excluding hydrogens is 112 g/mol. The van der Waals surface area contributed by atoms with Gasteiger partial charge >= 0.3 is 0 Å². The third-order valence-corrected chi connectivity index (χ3v) is 0.933. The topological polar surface area (TPSA) is 20.2 Å². The maximum absolute atomic E-state index is 8.79. The number of hydrogen-bond donors (Lipinski definition) is 1. The Morgan fingerprint density at radius 3 is 2.44 bits per heavy atom. The zero-order valence-corrected chi connectivity index (χ0v) is 5.51. The third kappa shape index (κ3) is 4.88. The van der Waals surface area contributed by atoms with Gasteiger partial charge in [-0.2, -0.15) is 0 Å². The van der Waals surface area contributed by atoms with Crippen molar-refractivity contribution in [2.75, 3.05) is 0 Å². The maximum Gasteiger partial charge on any atom is 0.111 e. The first kappa shape index (κ1) is 8.02. The summed E-state index contributed by atoms with van der Waals surface area (Å²) in [5.74, 6) is 0.247. The van der Waals surface area contributed by atoms with E-state index in [-0.39, 0.29) is 5.76 Å². The molecule has 0 spiro atoms. The normalized spacial score (nSPS) is 10.9. The van der Waals surface area contributed by atoms with Crippen LogP contribution in [0.25, 0.3) is 0 Å². The molecule has 50 valence electrons. The lowest BCUT2D eigenvalue weighted by molar-refractivity contribution is 0.430. The van der Waals surface area contributed by atoms with Crippen molar-refractivity contribution in [3.05, 3.63) is 37.1 Å². The molecule has 0 unspecified atom stereocenters. The standard InChI is InChI=1S/C8H12O/c1-3-5-6-7-8(9)4-2/h3-4,7,9H,1-2,5-6H2. The fourth-order valence-electron chi connectivity index (χ4n) is 0.432. The molecule has 0 aromatic rings. The summed E-state index contributed by atoms with van der Waals surface area (Å²) in [5, 5.41) is 8.79. The van der Waals surface area contributed by atoms with Gasteiger partial charge in [0.2, 0.25) is 0 Å². The Bertz CT molecular complexity index is 123. The molecule has 0 radical (unpaired) electrons. The SMILES string of the molecule is C=CCCC=C(O)C=C. The highest BCUT2D eigenvalue weighted by Gasteiger charge is 1.80. The number of unbranched alkanes of at least 4 members (excludes halogenated alkanes) is 1. The molecule has 0 heterocycles. The fraction of sp³-hybridized carbons (Fsp3) is 0.250. The van der Waals surface area contributed by atoms with Crippen LogP contribution in [0.3, 0.4) is 0 Å². The molecule has 0 amide bonds. The van der Waals surface area contributed by atoms with Crippen LogP contribution in [0.4, 0.5) is 0 Å². The summed E-state index contributed by atoms with van der Waals surface area (Å²) in [6.45, 7) is 6.94. The molecular formula is C8H12O. The lowest BCUT2D eigenvalue weighted by Crippen LogP contribution is -1.71. The molecule has 0 atom stereocenters. The zero-order valence-electron chi connectivity index (χ0n) is 5.51. The Morgan fingerprint density at radius 1 is 1.33 bits per heavy atom. The largest absolute Gasteiger partial charge is 0.508 e. The van der Waals surface area contributed by atoms with E-state index >= 15 is 0 Å². The van der Waals surface area contributed by atoms with E-state index in [2.05, 4.69) is 13.2 Å². The van der Waals surface area contributed by atoms with Gasteiger partial charge in [-0.05, 0) is 25.0 Å². The first-order chi connectivity index (χ1) is 4.31. The number of rotatable bonds is 4. The van der Waals surface area contributed by atoms with E-state index in [0.29, 0.717) is 0 Å². The monoisotopic (exact) mass is 124 g/mol. The van der Waals surface area contributed by atoms with Gasteiger partial charge in [0.05, 0.1) is 0 Å². The van der Waals surface area contributed by atoms with Gasteiger partial charge in [-0.1, -0.05) is 12.7 Å². The maximum atomic E-state index is 8.79. The van der Waals surface area contributed by atoms with Crippen molar-refractivity contribution in [3.63, 3.8) is 0 Å². The summed E-state index contributed by atoms with van der Waals surface area (Å²) in [7, 11) is 0. The first-order valence-electron chi connectivity index (χ1n) is 2.93. The molecule has 0 aromatic carbocycles. The molecule has 1 N–H and O–H groups in total. The lowest BCUT2D eigenvalue weighted by Gasteiger charge is -1.87. The highest BCUT2D eigenvalue weighted by atomic mass is 16.3. The van der Waals surface area contributed by atoms with Crippen molar-refractivity contribution in [2.45, 2.75) is 12.8 Å². The smallest absolute Gasteiger partial charge is 0.111 e. The zero-order chi connectivity index (χ0) is 7.11. The average molecular weight is 124 g/mol. The van der Waals surface area contributed by atoms with Crippen LogP contribution >= 0.6 is 0 Å². The molecule has 0 aliphatic carbocycles. The second-order valence-corrected chi connectivity index (χ2v) is 1.70. The van der Waals surface area contributed by atoms with Crippen molar-refractivity contribution in [1.29, 1.82) is 0 Å². The van der Waals surface area contributed by atoms with Crippen molar-refractivity contribution < 1.29 is 5.11 Å². The summed E-state index contributed by atoms with van der Waals surface area (Å²) in [5.41, 5.74) is 0. The molecule has 0 aromatic heterocycles. The second kappa shape index (κ2) is 5.16. The van der Waals surface area contributed by atoms with Crippen LogP contribution in [0.2, 0.25) is 0 Å². The summed E-state index contributed by atoms with van der Waals surface area (Å²) < 4.78 is 0. The fourth-order valence-corrected chi connectivity index (χ4v) is 0.432. The highest BCUT2D eigenvalue weighted by molar-refractivity contribution is 5.06. The second-order valence-electron chi connectivity index (χ2n) is 1.70. The molecule has 0 aliphatic heterocycles. The minimum absolute atomic E-state index is 0.247. The van der Waals surface area contributed by atoms with Crippen LogP contribution < -0.4 is 0 Å². The summed E-state index contributed by atoms with van der Waals surface area (Å²) in [6.07, 6.45) is 6.68. The van der Waals surface area contributed by atoms with Crippen LogP contribution in [-0.2, 0) is 0 Å². The first-order valence-corrected chi connectivity index (χ1v) is 2.93. The summed E-state index contributed by atoms with van der Waals surface area (Å²) >= 11 is 0. The molecule has 0 aliphatic rings. The molecule has 1 heteroatoms. The third-order valence-electron chi connectivity index (χ3n) is 0.933. The van der Waals surface area contributed by atoms with Crippen molar-refractivity contribution in [2.24, 2.45) is 0 Å². The van der Waals surface area contributed by atoms with Crippen LogP contribution in [0.15, 0.2) is 37.1 Å². The van der Waals surface area contributed by atoms with Gasteiger partial charge < -0.3 is 5.11 Å². The highest BCUT2D eigenvalue weighted by Crippen LogP contribution is 1.95. The van der Waals surface area contributed by atoms with E-state index in [1.807, 2.05) is 6.08 Å². The van der Waals surface area contributed by atoms with Gasteiger partial charge in [0, 0.05) is 0 Å². The van der Waals surface area contributed by atoms with E-state index in [4.69, 9.17) is 5.11 Å². The molecule has 0 fully saturated rings. The Labute approximate surface area is 56.0 Å². The quantitative estimate of drug-likeness (QED) is 0.264. The van der Waals surface area contributed by atoms with Crippen molar-refractivity contribution >= 4 is 0 Å². The predicted molar refractivity (Wildman–Crippen MR) is 40.3 cm³/mol. The number of allylic oxidation sites excluding steroid dienone is 3. The van der Waals surface area contributed by atoms with Crippen LogP contribution in [0.5, 0.6) is 0 Å². The Hall–Kier alpha value is -0.980. The molecule has 0 saturated carbocycles. The molecule has 9 heavy (non-hydrogen) atoms. The van der Waals surface area contributed by atoms with Crippen LogP contribution in [0, 0.1) is 0 Å². The minimum atomic E-state index is 0.247. The van der Waals surface area contributed by atoms with E-state index in [1.165, 1.54) is 6.08 Å². The van der Waals surface area contributed by atoms with E-state index in [9.17, 15) is 0 Å². The van der Waals surface area contributed by atoms with Gasteiger partial charge in [0.1, 0.15) is 5.76 Å². The predicted octanol–water partition coefficient (Wildman–Crippen LogP) is 2.58. The summed E-state index contributed by atoms with van der Waals surface area (Å²) in [4.78, 5) is 0. The molecule has 0 bridgehead atoms. The number of aliphatic hydroxyl groups is 1. The molecule has 1 nitrogen and oxygen atoms in total. The number of hydrogen-bond acceptors (Lipinski definition) is 1. The van der Waals surface area contributed by atoms with E-state index in [1.54, 1.807) is 6.08 Å². The molecule has 0 rings (SSSR count).